The van der Waals surface area contributed by atoms with E-state index in [1.54, 1.807) is 0 Å². The van der Waals surface area contributed by atoms with Crippen molar-refractivity contribution in [3.8, 4) is 0 Å². The standard InChI is InChI=1S/C22H25N3O2.ClH/c1-23-14-16-10-12-24(13-11-16)21(26)15-25-19-8-4-2-6-17(19)22(27)18-7-3-5-9-20(18)25;/h2-9,16,23H,10-15H2,1H3;1H. The second-order valence-electron chi connectivity index (χ2n) is 7.33. The number of hydrogen-bond acceptors (Lipinski definition) is 3. The van der Waals surface area contributed by atoms with Crippen LogP contribution in [-0.2, 0) is 11.3 Å². The number of pyridine rings is 1. The van der Waals surface area contributed by atoms with Gasteiger partial charge in [0.1, 0.15) is 6.54 Å². The quantitative estimate of drug-likeness (QED) is 0.686. The molecular formula is C22H26ClN3O2. The lowest BCUT2D eigenvalue weighted by atomic mass is 9.97. The summed E-state index contributed by atoms with van der Waals surface area (Å²) >= 11 is 0. The molecule has 1 N–H and O–H groups in total. The first-order valence-electron chi connectivity index (χ1n) is 9.61. The molecule has 0 aliphatic carbocycles. The number of fused-ring (bicyclic) bond motifs is 2. The first kappa shape index (κ1) is 20.4. The van der Waals surface area contributed by atoms with Crippen LogP contribution in [0.5, 0.6) is 0 Å². The number of hydrogen-bond donors (Lipinski definition) is 1. The molecule has 1 aliphatic rings. The zero-order valence-electron chi connectivity index (χ0n) is 16.1. The average Bonchev–Trinajstić information content (AvgIpc) is 2.72. The molecule has 1 fully saturated rings. The Morgan fingerprint density at radius 3 is 2.07 bits per heavy atom. The fraction of sp³-hybridized carbons (Fsp3) is 0.364. The molecule has 3 aromatic rings. The molecule has 0 bridgehead atoms. The Labute approximate surface area is 170 Å². The van der Waals surface area contributed by atoms with Gasteiger partial charge in [0, 0.05) is 23.9 Å². The number of nitrogens with zero attached hydrogens (tertiary/aromatic N) is 2. The Balaban J connectivity index is 0.00000225. The van der Waals surface area contributed by atoms with Gasteiger partial charge in [-0.15, -0.1) is 12.4 Å². The SMILES string of the molecule is CNCC1CCN(C(=O)Cn2c3ccccc3c(=O)c3ccccc32)CC1.Cl. The van der Waals surface area contributed by atoms with E-state index in [1.165, 1.54) is 0 Å². The van der Waals surface area contributed by atoms with Crippen molar-refractivity contribution in [2.24, 2.45) is 5.92 Å². The van der Waals surface area contributed by atoms with Crippen molar-refractivity contribution in [1.29, 1.82) is 0 Å². The fourth-order valence-corrected chi connectivity index (χ4v) is 4.16. The van der Waals surface area contributed by atoms with Crippen LogP contribution >= 0.6 is 12.4 Å². The van der Waals surface area contributed by atoms with Gasteiger partial charge in [0.05, 0.1) is 11.0 Å². The van der Waals surface area contributed by atoms with Crippen LogP contribution in [0.1, 0.15) is 12.8 Å². The predicted octanol–water partition coefficient (Wildman–Crippen LogP) is 3.03. The lowest BCUT2D eigenvalue weighted by Crippen LogP contribution is -2.42. The molecular weight excluding hydrogens is 374 g/mol. The molecule has 1 aliphatic heterocycles. The summed E-state index contributed by atoms with van der Waals surface area (Å²) in [6.45, 7) is 2.89. The maximum atomic E-state index is 13.0. The first-order chi connectivity index (χ1) is 13.2. The van der Waals surface area contributed by atoms with Gasteiger partial charge in [0.25, 0.3) is 0 Å². The maximum Gasteiger partial charge on any atom is 0.242 e. The number of likely N-dealkylation sites (tertiary alicyclic amines) is 1. The molecule has 0 unspecified atom stereocenters. The zero-order valence-corrected chi connectivity index (χ0v) is 16.9. The van der Waals surface area contributed by atoms with E-state index >= 15 is 0 Å². The van der Waals surface area contributed by atoms with Gasteiger partial charge in [-0.2, -0.15) is 0 Å². The Kier molecular flexibility index (Phi) is 6.37. The summed E-state index contributed by atoms with van der Waals surface area (Å²) in [5.41, 5.74) is 1.66. The highest BCUT2D eigenvalue weighted by Gasteiger charge is 2.23. The van der Waals surface area contributed by atoms with Crippen molar-refractivity contribution >= 4 is 40.1 Å². The van der Waals surface area contributed by atoms with Gasteiger partial charge >= 0.3 is 0 Å². The number of rotatable bonds is 4. The number of halogens is 1. The molecule has 1 aromatic heterocycles. The molecule has 2 heterocycles. The van der Waals surface area contributed by atoms with Crippen LogP contribution in [0.15, 0.2) is 53.3 Å². The third-order valence-electron chi connectivity index (χ3n) is 5.63. The van der Waals surface area contributed by atoms with Crippen LogP contribution in [0.25, 0.3) is 21.8 Å². The summed E-state index contributed by atoms with van der Waals surface area (Å²) in [5.74, 6) is 0.768. The Morgan fingerprint density at radius 1 is 1.00 bits per heavy atom. The molecule has 0 spiro atoms. The smallest absolute Gasteiger partial charge is 0.242 e. The summed E-state index contributed by atoms with van der Waals surface area (Å²) in [6, 6.07) is 15.1. The molecule has 0 radical (unpaired) electrons. The average molecular weight is 400 g/mol. The van der Waals surface area contributed by atoms with Crippen LogP contribution < -0.4 is 10.7 Å². The van der Waals surface area contributed by atoms with Crippen molar-refractivity contribution in [3.63, 3.8) is 0 Å². The lowest BCUT2D eigenvalue weighted by molar-refractivity contribution is -0.133. The summed E-state index contributed by atoms with van der Waals surface area (Å²) in [6.07, 6.45) is 2.08. The highest BCUT2D eigenvalue weighted by molar-refractivity contribution is 5.94. The van der Waals surface area contributed by atoms with Crippen molar-refractivity contribution < 1.29 is 4.79 Å². The largest absolute Gasteiger partial charge is 0.341 e. The Bertz CT molecular complexity index is 979. The van der Waals surface area contributed by atoms with Crippen LogP contribution in [0, 0.1) is 5.92 Å². The minimum atomic E-state index is 0. The van der Waals surface area contributed by atoms with Crippen LogP contribution in [0.3, 0.4) is 0 Å². The molecule has 148 valence electrons. The van der Waals surface area contributed by atoms with E-state index in [0.717, 1.165) is 43.5 Å². The van der Waals surface area contributed by atoms with E-state index in [4.69, 9.17) is 0 Å². The fourth-order valence-electron chi connectivity index (χ4n) is 4.16. The molecule has 1 amide bonds. The number of aromatic nitrogens is 1. The number of carbonyl (C=O) groups excluding carboxylic acids is 1. The molecule has 4 rings (SSSR count). The van der Waals surface area contributed by atoms with Crippen molar-refractivity contribution in [1.82, 2.24) is 14.8 Å². The number of nitrogens with one attached hydrogen (secondary N) is 1. The highest BCUT2D eigenvalue weighted by Crippen LogP contribution is 2.21. The van der Waals surface area contributed by atoms with Gasteiger partial charge in [-0.05, 0) is 56.6 Å². The van der Waals surface area contributed by atoms with Crippen molar-refractivity contribution in [2.75, 3.05) is 26.7 Å². The third kappa shape index (κ3) is 3.77. The minimum absolute atomic E-state index is 0. The number of para-hydroxylation sites is 2. The topological polar surface area (TPSA) is 54.3 Å². The Morgan fingerprint density at radius 2 is 1.54 bits per heavy atom. The summed E-state index contributed by atoms with van der Waals surface area (Å²) in [7, 11) is 1.98. The molecule has 28 heavy (non-hydrogen) atoms. The van der Waals surface area contributed by atoms with Gasteiger partial charge in [-0.25, -0.2) is 0 Å². The molecule has 2 aromatic carbocycles. The molecule has 0 saturated carbocycles. The van der Waals surface area contributed by atoms with Crippen LogP contribution in [0.4, 0.5) is 0 Å². The van der Waals surface area contributed by atoms with E-state index in [0.29, 0.717) is 16.7 Å². The van der Waals surface area contributed by atoms with E-state index in [9.17, 15) is 9.59 Å². The van der Waals surface area contributed by atoms with Gasteiger partial charge in [0.2, 0.25) is 5.91 Å². The Hall–Kier alpha value is -2.37. The normalized spacial score (nSPS) is 15.0. The lowest BCUT2D eigenvalue weighted by Gasteiger charge is -2.32. The minimum Gasteiger partial charge on any atom is -0.341 e. The second kappa shape index (κ2) is 8.76. The highest BCUT2D eigenvalue weighted by atomic mass is 35.5. The summed E-state index contributed by atoms with van der Waals surface area (Å²) in [5, 5.41) is 4.56. The number of carbonyl (C=O) groups is 1. The predicted molar refractivity (Wildman–Crippen MR) is 116 cm³/mol. The van der Waals surface area contributed by atoms with Crippen LogP contribution in [0.2, 0.25) is 0 Å². The number of piperidine rings is 1. The van der Waals surface area contributed by atoms with E-state index in [2.05, 4.69) is 5.32 Å². The number of amides is 1. The number of benzene rings is 2. The first-order valence-corrected chi connectivity index (χ1v) is 9.61. The van der Waals surface area contributed by atoms with Gasteiger partial charge in [-0.3, -0.25) is 9.59 Å². The molecule has 5 nitrogen and oxygen atoms in total. The monoisotopic (exact) mass is 399 g/mol. The molecule has 6 heteroatoms. The van der Waals surface area contributed by atoms with Crippen molar-refractivity contribution in [2.45, 2.75) is 19.4 Å². The third-order valence-corrected chi connectivity index (χ3v) is 5.63. The van der Waals surface area contributed by atoms with Gasteiger partial charge in [0.15, 0.2) is 5.43 Å². The summed E-state index contributed by atoms with van der Waals surface area (Å²) in [4.78, 5) is 27.8. The molecule has 0 atom stereocenters. The van der Waals surface area contributed by atoms with E-state index in [1.807, 2.05) is 65.0 Å². The second-order valence-corrected chi connectivity index (χ2v) is 7.33. The maximum absolute atomic E-state index is 13.0. The molecule has 1 saturated heterocycles. The van der Waals surface area contributed by atoms with E-state index < -0.39 is 0 Å². The van der Waals surface area contributed by atoms with E-state index in [-0.39, 0.29) is 30.3 Å². The summed E-state index contributed by atoms with van der Waals surface area (Å²) < 4.78 is 1.99. The van der Waals surface area contributed by atoms with Crippen LogP contribution in [-0.4, -0.2) is 42.1 Å². The zero-order chi connectivity index (χ0) is 18.8. The van der Waals surface area contributed by atoms with Crippen molar-refractivity contribution in [3.05, 3.63) is 58.8 Å². The van der Waals surface area contributed by atoms with Gasteiger partial charge < -0.3 is 14.8 Å². The van der Waals surface area contributed by atoms with Gasteiger partial charge in [-0.1, -0.05) is 24.3 Å².